The maximum atomic E-state index is 13.2. The van der Waals surface area contributed by atoms with Gasteiger partial charge in [0.1, 0.15) is 0 Å². The van der Waals surface area contributed by atoms with Gasteiger partial charge in [-0.1, -0.05) is 11.6 Å². The first kappa shape index (κ1) is 25.4. The van der Waals surface area contributed by atoms with E-state index in [0.29, 0.717) is 21.8 Å². The average Bonchev–Trinajstić information content (AvgIpc) is 3.03. The number of anilines is 1. The molecule has 0 bridgehead atoms. The molecule has 186 valence electrons. The molecule has 0 saturated heterocycles. The lowest BCUT2D eigenvalue weighted by Gasteiger charge is -2.12. The van der Waals surface area contributed by atoms with Gasteiger partial charge in [-0.2, -0.15) is 13.2 Å². The third-order valence-electron chi connectivity index (χ3n) is 5.29. The number of imidazole rings is 1. The molecule has 4 aromatic rings. The average molecular weight is 535 g/mol. The highest BCUT2D eigenvalue weighted by Gasteiger charge is 2.29. The SMILES string of the molecule is Cc1c(O)n(-c2ccc(SC(F)(F)F)cc2)c(=O)n1Cc1ccncc1NC(=O)c1ccc(Cl)cc1. The van der Waals surface area contributed by atoms with Gasteiger partial charge >= 0.3 is 11.2 Å². The van der Waals surface area contributed by atoms with Gasteiger partial charge in [0.05, 0.1) is 29.8 Å². The smallest absolute Gasteiger partial charge is 0.446 e. The maximum Gasteiger partial charge on any atom is 0.446 e. The van der Waals surface area contributed by atoms with Crippen molar-refractivity contribution in [2.24, 2.45) is 0 Å². The molecule has 0 saturated carbocycles. The van der Waals surface area contributed by atoms with Crippen molar-refractivity contribution in [1.29, 1.82) is 0 Å². The Bertz CT molecular complexity index is 1470. The number of hydrogen-bond acceptors (Lipinski definition) is 5. The fourth-order valence-corrected chi connectivity index (χ4v) is 4.16. The van der Waals surface area contributed by atoms with Crippen LogP contribution in [0.3, 0.4) is 0 Å². The lowest BCUT2D eigenvalue weighted by Crippen LogP contribution is -2.25. The minimum absolute atomic E-state index is 0.00795. The summed E-state index contributed by atoms with van der Waals surface area (Å²) in [4.78, 5) is 29.8. The molecule has 7 nitrogen and oxygen atoms in total. The quantitative estimate of drug-likeness (QED) is 0.314. The van der Waals surface area contributed by atoms with Crippen molar-refractivity contribution in [3.8, 4) is 11.6 Å². The molecule has 36 heavy (non-hydrogen) atoms. The number of benzene rings is 2. The van der Waals surface area contributed by atoms with Crippen LogP contribution in [-0.2, 0) is 6.54 Å². The molecule has 0 radical (unpaired) electrons. The first-order chi connectivity index (χ1) is 17.0. The fourth-order valence-electron chi connectivity index (χ4n) is 3.49. The molecule has 2 heterocycles. The number of rotatable bonds is 6. The first-order valence-electron chi connectivity index (χ1n) is 10.4. The van der Waals surface area contributed by atoms with E-state index in [2.05, 4.69) is 10.3 Å². The summed E-state index contributed by atoms with van der Waals surface area (Å²) in [5.41, 5.74) is -3.31. The number of amides is 1. The molecule has 0 spiro atoms. The van der Waals surface area contributed by atoms with Crippen LogP contribution in [0.15, 0.2) is 76.7 Å². The maximum absolute atomic E-state index is 13.2. The highest BCUT2D eigenvalue weighted by Crippen LogP contribution is 2.37. The number of nitrogens with zero attached hydrogens (tertiary/aromatic N) is 3. The molecule has 0 aliphatic carbocycles. The zero-order valence-electron chi connectivity index (χ0n) is 18.6. The summed E-state index contributed by atoms with van der Waals surface area (Å²) in [7, 11) is 0. The number of nitrogens with one attached hydrogen (secondary N) is 1. The third kappa shape index (κ3) is 5.58. The Morgan fingerprint density at radius 3 is 2.42 bits per heavy atom. The lowest BCUT2D eigenvalue weighted by atomic mass is 10.2. The Kier molecular flexibility index (Phi) is 7.14. The predicted molar refractivity (Wildman–Crippen MR) is 131 cm³/mol. The van der Waals surface area contributed by atoms with Crippen LogP contribution < -0.4 is 11.0 Å². The number of halogens is 4. The van der Waals surface area contributed by atoms with E-state index in [0.717, 1.165) is 4.57 Å². The monoisotopic (exact) mass is 534 g/mol. The highest BCUT2D eigenvalue weighted by molar-refractivity contribution is 8.00. The van der Waals surface area contributed by atoms with E-state index in [4.69, 9.17) is 11.6 Å². The van der Waals surface area contributed by atoms with Gasteiger partial charge in [0.2, 0.25) is 5.88 Å². The van der Waals surface area contributed by atoms with E-state index in [-0.39, 0.29) is 40.5 Å². The summed E-state index contributed by atoms with van der Waals surface area (Å²) in [6.07, 6.45) is 2.94. The van der Waals surface area contributed by atoms with E-state index in [9.17, 15) is 27.9 Å². The molecular formula is C24H18ClF3N4O3S. The topological polar surface area (TPSA) is 89.2 Å². The van der Waals surface area contributed by atoms with Crippen LogP contribution in [0.25, 0.3) is 5.69 Å². The van der Waals surface area contributed by atoms with Gasteiger partial charge in [-0.25, -0.2) is 9.36 Å². The lowest BCUT2D eigenvalue weighted by molar-refractivity contribution is -0.0328. The zero-order chi connectivity index (χ0) is 26.0. The molecule has 0 atom stereocenters. The summed E-state index contributed by atoms with van der Waals surface area (Å²) < 4.78 is 40.1. The van der Waals surface area contributed by atoms with E-state index in [1.807, 2.05) is 0 Å². The Balaban J connectivity index is 1.62. The second kappa shape index (κ2) is 10.1. The number of aromatic hydroxyl groups is 1. The van der Waals surface area contributed by atoms with Crippen molar-refractivity contribution in [3.63, 3.8) is 0 Å². The van der Waals surface area contributed by atoms with Gasteiger partial charge in [0.15, 0.2) is 0 Å². The third-order valence-corrected chi connectivity index (χ3v) is 6.28. The molecule has 2 aromatic carbocycles. The van der Waals surface area contributed by atoms with Gasteiger partial charge in [-0.05, 0) is 78.8 Å². The minimum Gasteiger partial charge on any atom is -0.493 e. The van der Waals surface area contributed by atoms with Gasteiger partial charge in [-0.3, -0.25) is 14.3 Å². The number of pyridine rings is 1. The summed E-state index contributed by atoms with van der Waals surface area (Å²) in [5, 5.41) is 13.9. The van der Waals surface area contributed by atoms with Crippen LogP contribution in [0.5, 0.6) is 5.88 Å². The Morgan fingerprint density at radius 2 is 1.78 bits per heavy atom. The van der Waals surface area contributed by atoms with Crippen molar-refractivity contribution in [2.75, 3.05) is 5.32 Å². The molecule has 0 aliphatic heterocycles. The van der Waals surface area contributed by atoms with Crippen molar-refractivity contribution in [1.82, 2.24) is 14.1 Å². The summed E-state index contributed by atoms with van der Waals surface area (Å²) in [6, 6.07) is 13.0. The van der Waals surface area contributed by atoms with Crippen LogP contribution >= 0.6 is 23.4 Å². The molecule has 0 fully saturated rings. The van der Waals surface area contributed by atoms with Crippen LogP contribution in [0, 0.1) is 6.92 Å². The summed E-state index contributed by atoms with van der Waals surface area (Å²) in [5.74, 6) is -0.751. The largest absolute Gasteiger partial charge is 0.493 e. The van der Waals surface area contributed by atoms with E-state index >= 15 is 0 Å². The van der Waals surface area contributed by atoms with E-state index < -0.39 is 17.1 Å². The van der Waals surface area contributed by atoms with Crippen LogP contribution in [-0.4, -0.2) is 30.6 Å². The zero-order valence-corrected chi connectivity index (χ0v) is 20.2. The molecule has 12 heteroatoms. The minimum atomic E-state index is -4.44. The Morgan fingerprint density at radius 1 is 1.11 bits per heavy atom. The molecule has 2 N–H and O–H groups in total. The number of aromatic nitrogens is 3. The Labute approximate surface area is 212 Å². The number of hydrogen-bond donors (Lipinski definition) is 2. The van der Waals surface area contributed by atoms with Crippen LogP contribution in [0.2, 0.25) is 5.02 Å². The standard InChI is InChI=1S/C24H18ClF3N4O3S/c1-14-22(34)32(18-6-8-19(9-7-18)36-24(26,27)28)23(35)31(14)13-16-10-11-29-12-20(16)30-21(33)15-2-4-17(25)5-3-15/h2-12,34H,13H2,1H3,(H,30,33). The van der Waals surface area contributed by atoms with Gasteiger partial charge in [0, 0.05) is 21.7 Å². The number of alkyl halides is 3. The summed E-state index contributed by atoms with van der Waals surface area (Å²) >= 11 is 5.60. The molecule has 0 aliphatic rings. The van der Waals surface area contributed by atoms with Gasteiger partial charge < -0.3 is 10.4 Å². The Hall–Kier alpha value is -3.70. The number of carbonyl (C=O) groups is 1. The molecule has 0 unspecified atom stereocenters. The van der Waals surface area contributed by atoms with Crippen molar-refractivity contribution < 1.29 is 23.1 Å². The van der Waals surface area contributed by atoms with Crippen LogP contribution in [0.1, 0.15) is 21.6 Å². The second-order valence-electron chi connectivity index (χ2n) is 7.65. The van der Waals surface area contributed by atoms with Crippen LogP contribution in [0.4, 0.5) is 18.9 Å². The molecule has 4 rings (SSSR count). The second-order valence-corrected chi connectivity index (χ2v) is 9.22. The van der Waals surface area contributed by atoms with E-state index in [1.54, 1.807) is 30.3 Å². The number of thioether (sulfide) groups is 1. The van der Waals surface area contributed by atoms with E-state index in [1.165, 1.54) is 48.1 Å². The van der Waals surface area contributed by atoms with Crippen molar-refractivity contribution in [3.05, 3.63) is 99.3 Å². The summed E-state index contributed by atoms with van der Waals surface area (Å²) in [6.45, 7) is 1.53. The van der Waals surface area contributed by atoms with Crippen molar-refractivity contribution in [2.45, 2.75) is 23.9 Å². The fraction of sp³-hybridized carbons (Fsp3) is 0.125. The van der Waals surface area contributed by atoms with Gasteiger partial charge in [0.25, 0.3) is 5.91 Å². The molecular weight excluding hydrogens is 517 g/mol. The number of carbonyl (C=O) groups excluding carboxylic acids is 1. The molecule has 2 aromatic heterocycles. The predicted octanol–water partition coefficient (Wildman–Crippen LogP) is 5.61. The molecule has 1 amide bonds. The normalized spacial score (nSPS) is 11.5. The highest BCUT2D eigenvalue weighted by atomic mass is 35.5. The first-order valence-corrected chi connectivity index (χ1v) is 11.6. The van der Waals surface area contributed by atoms with Crippen molar-refractivity contribution >= 4 is 35.0 Å². The van der Waals surface area contributed by atoms with Gasteiger partial charge in [-0.15, -0.1) is 0 Å².